The Morgan fingerprint density at radius 2 is 2.06 bits per heavy atom. The molecule has 0 unspecified atom stereocenters. The van der Waals surface area contributed by atoms with Crippen molar-refractivity contribution in [3.05, 3.63) is 29.6 Å². The van der Waals surface area contributed by atoms with E-state index < -0.39 is 5.82 Å². The normalized spacial score (nSPS) is 10.2. The number of hydrogen-bond donors (Lipinski definition) is 0. The van der Waals surface area contributed by atoms with Crippen LogP contribution in [0.4, 0.5) is 10.1 Å². The summed E-state index contributed by atoms with van der Waals surface area (Å²) in [5, 5.41) is 0. The van der Waals surface area contributed by atoms with Gasteiger partial charge in [-0.15, -0.1) is 0 Å². The molecule has 0 saturated carbocycles. The lowest BCUT2D eigenvalue weighted by molar-refractivity contribution is 0.101. The predicted octanol–water partition coefficient (Wildman–Crippen LogP) is 3.26. The van der Waals surface area contributed by atoms with Crippen molar-refractivity contribution in [1.82, 2.24) is 0 Å². The maximum absolute atomic E-state index is 13.6. The fourth-order valence-corrected chi connectivity index (χ4v) is 1.84. The van der Waals surface area contributed by atoms with E-state index >= 15 is 0 Å². The monoisotopic (exact) mass is 223 g/mol. The summed E-state index contributed by atoms with van der Waals surface area (Å²) in [5.74, 6) is -0.651. The van der Waals surface area contributed by atoms with Crippen LogP contribution in [-0.2, 0) is 0 Å². The Hall–Kier alpha value is -1.38. The van der Waals surface area contributed by atoms with E-state index in [0.29, 0.717) is 5.69 Å². The Bertz CT molecular complexity index is 376. The van der Waals surface area contributed by atoms with Gasteiger partial charge in [-0.05, 0) is 32.4 Å². The van der Waals surface area contributed by atoms with E-state index in [1.807, 2.05) is 11.8 Å². The molecule has 1 rings (SSSR count). The van der Waals surface area contributed by atoms with Crippen molar-refractivity contribution < 1.29 is 9.18 Å². The summed E-state index contributed by atoms with van der Waals surface area (Å²) in [5.41, 5.74) is 0.912. The van der Waals surface area contributed by atoms with Gasteiger partial charge in [0.2, 0.25) is 0 Å². The molecule has 0 aliphatic rings. The van der Waals surface area contributed by atoms with E-state index in [0.717, 1.165) is 19.5 Å². The molecule has 0 fully saturated rings. The third-order valence-electron chi connectivity index (χ3n) is 2.56. The van der Waals surface area contributed by atoms with Crippen LogP contribution >= 0.6 is 0 Å². The van der Waals surface area contributed by atoms with E-state index in [1.54, 1.807) is 12.1 Å². The van der Waals surface area contributed by atoms with Gasteiger partial charge in [-0.1, -0.05) is 13.0 Å². The average Bonchev–Trinajstić information content (AvgIpc) is 2.25. The van der Waals surface area contributed by atoms with Gasteiger partial charge >= 0.3 is 0 Å². The van der Waals surface area contributed by atoms with Crippen LogP contribution < -0.4 is 4.90 Å². The van der Waals surface area contributed by atoms with Gasteiger partial charge < -0.3 is 4.90 Å². The summed E-state index contributed by atoms with van der Waals surface area (Å²) in [6.07, 6.45) is 0.974. The smallest absolute Gasteiger partial charge is 0.164 e. The molecule has 1 aromatic rings. The van der Waals surface area contributed by atoms with Gasteiger partial charge in [0.05, 0.1) is 11.3 Å². The average molecular weight is 223 g/mol. The van der Waals surface area contributed by atoms with Crippen LogP contribution in [0.25, 0.3) is 0 Å². The summed E-state index contributed by atoms with van der Waals surface area (Å²) >= 11 is 0. The number of anilines is 1. The highest BCUT2D eigenvalue weighted by molar-refractivity contribution is 6.00. The van der Waals surface area contributed by atoms with Gasteiger partial charge in [0.15, 0.2) is 5.78 Å². The largest absolute Gasteiger partial charge is 0.371 e. The maximum atomic E-state index is 13.6. The van der Waals surface area contributed by atoms with Crippen LogP contribution in [-0.4, -0.2) is 18.9 Å². The van der Waals surface area contributed by atoms with E-state index in [1.165, 1.54) is 13.0 Å². The Morgan fingerprint density at radius 1 is 1.38 bits per heavy atom. The van der Waals surface area contributed by atoms with Crippen molar-refractivity contribution in [2.75, 3.05) is 18.0 Å². The van der Waals surface area contributed by atoms with Crippen LogP contribution in [0.5, 0.6) is 0 Å². The molecular weight excluding hydrogens is 205 g/mol. The molecule has 0 radical (unpaired) electrons. The molecular formula is C13H18FNO. The number of Topliss-reactive ketones (excluding diaryl/α,β-unsaturated/α-hetero) is 1. The SMILES string of the molecule is CCCN(CC)c1cccc(F)c1C(C)=O. The second-order valence-electron chi connectivity index (χ2n) is 3.77. The van der Waals surface area contributed by atoms with Gasteiger partial charge in [-0.25, -0.2) is 4.39 Å². The second kappa shape index (κ2) is 5.64. The zero-order valence-electron chi connectivity index (χ0n) is 10.1. The molecule has 0 aliphatic carbocycles. The molecule has 16 heavy (non-hydrogen) atoms. The van der Waals surface area contributed by atoms with Crippen molar-refractivity contribution >= 4 is 11.5 Å². The third-order valence-corrected chi connectivity index (χ3v) is 2.56. The first kappa shape index (κ1) is 12.7. The number of nitrogens with zero attached hydrogens (tertiary/aromatic N) is 1. The topological polar surface area (TPSA) is 20.3 Å². The second-order valence-corrected chi connectivity index (χ2v) is 3.77. The van der Waals surface area contributed by atoms with Crippen LogP contribution in [0.2, 0.25) is 0 Å². The van der Waals surface area contributed by atoms with Crippen LogP contribution in [0.15, 0.2) is 18.2 Å². The van der Waals surface area contributed by atoms with Crippen molar-refractivity contribution in [2.45, 2.75) is 27.2 Å². The van der Waals surface area contributed by atoms with Crippen LogP contribution in [0.1, 0.15) is 37.6 Å². The third kappa shape index (κ3) is 2.60. The van der Waals surface area contributed by atoms with E-state index in [4.69, 9.17) is 0 Å². The molecule has 0 spiro atoms. The Labute approximate surface area is 96.1 Å². The molecule has 0 saturated heterocycles. The molecule has 0 amide bonds. The standard InChI is InChI=1S/C13H18FNO/c1-4-9-15(5-2)12-8-6-7-11(14)13(12)10(3)16/h6-8H,4-5,9H2,1-3H3. The van der Waals surface area contributed by atoms with Gasteiger partial charge in [-0.3, -0.25) is 4.79 Å². The maximum Gasteiger partial charge on any atom is 0.164 e. The number of halogens is 1. The molecule has 0 atom stereocenters. The minimum atomic E-state index is -0.431. The first-order valence-electron chi connectivity index (χ1n) is 5.66. The van der Waals surface area contributed by atoms with Gasteiger partial charge in [0.1, 0.15) is 5.82 Å². The molecule has 0 aromatic heterocycles. The molecule has 2 nitrogen and oxygen atoms in total. The molecule has 3 heteroatoms. The van der Waals surface area contributed by atoms with Crippen molar-refractivity contribution in [3.63, 3.8) is 0 Å². The highest BCUT2D eigenvalue weighted by atomic mass is 19.1. The Morgan fingerprint density at radius 3 is 2.56 bits per heavy atom. The summed E-state index contributed by atoms with van der Waals surface area (Å²) in [4.78, 5) is 13.5. The number of carbonyl (C=O) groups is 1. The van der Waals surface area contributed by atoms with Crippen LogP contribution in [0, 0.1) is 5.82 Å². The Kier molecular flexibility index (Phi) is 4.47. The number of hydrogen-bond acceptors (Lipinski definition) is 2. The van der Waals surface area contributed by atoms with E-state index in [2.05, 4.69) is 6.92 Å². The molecule has 1 aromatic carbocycles. The summed E-state index contributed by atoms with van der Waals surface area (Å²) < 4.78 is 13.6. The highest BCUT2D eigenvalue weighted by Crippen LogP contribution is 2.23. The molecule has 88 valence electrons. The number of carbonyl (C=O) groups excluding carboxylic acids is 1. The van der Waals surface area contributed by atoms with Gasteiger partial charge in [-0.2, -0.15) is 0 Å². The molecule has 0 bridgehead atoms. The quantitative estimate of drug-likeness (QED) is 0.714. The zero-order chi connectivity index (χ0) is 12.1. The fraction of sp³-hybridized carbons (Fsp3) is 0.462. The predicted molar refractivity (Wildman–Crippen MR) is 64.6 cm³/mol. The lowest BCUT2D eigenvalue weighted by Gasteiger charge is -2.24. The number of benzene rings is 1. The van der Waals surface area contributed by atoms with Crippen molar-refractivity contribution in [2.24, 2.45) is 0 Å². The van der Waals surface area contributed by atoms with Gasteiger partial charge in [0.25, 0.3) is 0 Å². The lowest BCUT2D eigenvalue weighted by Crippen LogP contribution is -2.25. The Balaban J connectivity index is 3.20. The molecule has 0 aliphatic heterocycles. The summed E-state index contributed by atoms with van der Waals surface area (Å²) in [6, 6.07) is 4.79. The van der Waals surface area contributed by atoms with Crippen molar-refractivity contribution in [3.8, 4) is 0 Å². The summed E-state index contributed by atoms with van der Waals surface area (Å²) in [6.45, 7) is 7.08. The van der Waals surface area contributed by atoms with Gasteiger partial charge in [0, 0.05) is 13.1 Å². The first-order valence-corrected chi connectivity index (χ1v) is 5.66. The minimum Gasteiger partial charge on any atom is -0.371 e. The first-order chi connectivity index (χ1) is 7.61. The van der Waals surface area contributed by atoms with Crippen molar-refractivity contribution in [1.29, 1.82) is 0 Å². The van der Waals surface area contributed by atoms with E-state index in [-0.39, 0.29) is 11.3 Å². The minimum absolute atomic E-state index is 0.206. The summed E-state index contributed by atoms with van der Waals surface area (Å²) in [7, 11) is 0. The molecule has 0 heterocycles. The number of ketones is 1. The molecule has 0 N–H and O–H groups in total. The van der Waals surface area contributed by atoms with E-state index in [9.17, 15) is 9.18 Å². The highest BCUT2D eigenvalue weighted by Gasteiger charge is 2.16. The number of rotatable bonds is 5. The lowest BCUT2D eigenvalue weighted by atomic mass is 10.1. The van der Waals surface area contributed by atoms with Crippen LogP contribution in [0.3, 0.4) is 0 Å². The fourth-order valence-electron chi connectivity index (χ4n) is 1.84. The zero-order valence-corrected chi connectivity index (χ0v) is 10.1.